The second kappa shape index (κ2) is 5.89. The summed E-state index contributed by atoms with van der Waals surface area (Å²) < 4.78 is 1.86. The third-order valence-electron chi connectivity index (χ3n) is 3.69. The molecule has 4 nitrogen and oxygen atoms in total. The monoisotopic (exact) mass is 278 g/mol. The van der Waals surface area contributed by atoms with Crippen molar-refractivity contribution in [1.82, 2.24) is 20.3 Å². The molecule has 2 aromatic carbocycles. The summed E-state index contributed by atoms with van der Waals surface area (Å²) in [6.07, 6.45) is 1.80. The van der Waals surface area contributed by atoms with Gasteiger partial charge in [0.2, 0.25) is 0 Å². The molecule has 0 saturated heterocycles. The molecule has 0 aliphatic rings. The van der Waals surface area contributed by atoms with Crippen LogP contribution >= 0.6 is 0 Å². The van der Waals surface area contributed by atoms with Crippen LogP contribution in [-0.2, 0) is 0 Å². The number of nitrogens with one attached hydrogen (secondary N) is 1. The molecular formula is C17H18N4. The van der Waals surface area contributed by atoms with Gasteiger partial charge in [0.15, 0.2) is 0 Å². The largest absolute Gasteiger partial charge is 0.313 e. The molecule has 0 aliphatic carbocycles. The maximum atomic E-state index is 4.19. The zero-order chi connectivity index (χ0) is 14.7. The first kappa shape index (κ1) is 13.5. The molecule has 1 atom stereocenters. The van der Waals surface area contributed by atoms with E-state index < -0.39 is 0 Å². The smallest absolute Gasteiger partial charge is 0.0944 e. The Morgan fingerprint density at radius 3 is 2.38 bits per heavy atom. The van der Waals surface area contributed by atoms with E-state index in [4.69, 9.17) is 0 Å². The maximum absolute atomic E-state index is 4.19. The number of hydrogen-bond donors (Lipinski definition) is 1. The lowest BCUT2D eigenvalue weighted by atomic mass is 10.0. The number of hydrogen-bond acceptors (Lipinski definition) is 3. The van der Waals surface area contributed by atoms with Crippen LogP contribution in [0.25, 0.3) is 16.9 Å². The van der Waals surface area contributed by atoms with E-state index in [0.29, 0.717) is 6.04 Å². The van der Waals surface area contributed by atoms with Crippen molar-refractivity contribution in [1.29, 1.82) is 0 Å². The van der Waals surface area contributed by atoms with E-state index in [9.17, 15) is 0 Å². The molecule has 0 bridgehead atoms. The van der Waals surface area contributed by atoms with E-state index in [1.54, 1.807) is 6.20 Å². The molecule has 1 aromatic heterocycles. The average Bonchev–Trinajstić information content (AvgIpc) is 3.04. The fourth-order valence-corrected chi connectivity index (χ4v) is 2.30. The van der Waals surface area contributed by atoms with E-state index in [1.807, 2.05) is 42.1 Å². The lowest BCUT2D eigenvalue weighted by Crippen LogP contribution is -2.11. The van der Waals surface area contributed by atoms with Gasteiger partial charge in [0, 0.05) is 11.6 Å². The minimum absolute atomic E-state index is 0.344. The molecular weight excluding hydrogens is 260 g/mol. The Balaban J connectivity index is 1.97. The standard InChI is InChI=1S/C17H18N4/c1-13(18-2)14-8-10-15(11-9-14)17-12-19-20-21(17)16-6-4-3-5-7-16/h3-13,18H,1-2H3. The SMILES string of the molecule is CNC(C)c1ccc(-c2cnnn2-c2ccccc2)cc1. The zero-order valence-corrected chi connectivity index (χ0v) is 12.2. The highest BCUT2D eigenvalue weighted by molar-refractivity contribution is 5.61. The Labute approximate surface area is 124 Å². The van der Waals surface area contributed by atoms with Crippen LogP contribution in [0, 0.1) is 0 Å². The highest BCUT2D eigenvalue weighted by atomic mass is 15.4. The van der Waals surface area contributed by atoms with Crippen molar-refractivity contribution < 1.29 is 0 Å². The summed E-state index contributed by atoms with van der Waals surface area (Å²) >= 11 is 0. The molecule has 21 heavy (non-hydrogen) atoms. The number of para-hydroxylation sites is 1. The van der Waals surface area contributed by atoms with Gasteiger partial charge in [-0.1, -0.05) is 47.7 Å². The summed E-state index contributed by atoms with van der Waals surface area (Å²) in [5, 5.41) is 11.5. The lowest BCUT2D eigenvalue weighted by molar-refractivity contribution is 0.652. The van der Waals surface area contributed by atoms with Crippen molar-refractivity contribution in [3.63, 3.8) is 0 Å². The molecule has 0 spiro atoms. The summed E-state index contributed by atoms with van der Waals surface area (Å²) in [7, 11) is 1.97. The van der Waals surface area contributed by atoms with Crippen LogP contribution < -0.4 is 5.32 Å². The van der Waals surface area contributed by atoms with Gasteiger partial charge in [0.05, 0.1) is 17.6 Å². The van der Waals surface area contributed by atoms with Gasteiger partial charge >= 0.3 is 0 Å². The van der Waals surface area contributed by atoms with Crippen molar-refractivity contribution in [3.8, 4) is 16.9 Å². The Hall–Kier alpha value is -2.46. The highest BCUT2D eigenvalue weighted by Gasteiger charge is 2.09. The minimum Gasteiger partial charge on any atom is -0.313 e. The molecule has 1 unspecified atom stereocenters. The fraction of sp³-hybridized carbons (Fsp3) is 0.176. The molecule has 0 radical (unpaired) electrons. The third-order valence-corrected chi connectivity index (χ3v) is 3.69. The first-order valence-corrected chi connectivity index (χ1v) is 7.03. The molecule has 0 saturated carbocycles. The maximum Gasteiger partial charge on any atom is 0.0944 e. The van der Waals surface area contributed by atoms with Crippen LogP contribution in [-0.4, -0.2) is 22.0 Å². The summed E-state index contributed by atoms with van der Waals surface area (Å²) in [6.45, 7) is 2.14. The van der Waals surface area contributed by atoms with Gasteiger partial charge in [-0.2, -0.15) is 0 Å². The van der Waals surface area contributed by atoms with Crippen LogP contribution in [0.2, 0.25) is 0 Å². The van der Waals surface area contributed by atoms with Crippen LogP contribution in [0.15, 0.2) is 60.8 Å². The van der Waals surface area contributed by atoms with Crippen LogP contribution in [0.5, 0.6) is 0 Å². The zero-order valence-electron chi connectivity index (χ0n) is 12.2. The Bertz CT molecular complexity index is 701. The summed E-state index contributed by atoms with van der Waals surface area (Å²) in [4.78, 5) is 0. The topological polar surface area (TPSA) is 42.7 Å². The van der Waals surface area contributed by atoms with Gasteiger partial charge in [-0.15, -0.1) is 5.10 Å². The Morgan fingerprint density at radius 2 is 1.71 bits per heavy atom. The summed E-state index contributed by atoms with van der Waals surface area (Å²) in [6, 6.07) is 18.9. The Morgan fingerprint density at radius 1 is 1.00 bits per heavy atom. The average molecular weight is 278 g/mol. The minimum atomic E-state index is 0.344. The first-order chi connectivity index (χ1) is 10.3. The van der Waals surface area contributed by atoms with Gasteiger partial charge in [-0.3, -0.25) is 0 Å². The molecule has 106 valence electrons. The Kier molecular flexibility index (Phi) is 3.79. The van der Waals surface area contributed by atoms with Gasteiger partial charge < -0.3 is 5.32 Å². The molecule has 1 heterocycles. The molecule has 4 heteroatoms. The fourth-order valence-electron chi connectivity index (χ4n) is 2.30. The predicted molar refractivity (Wildman–Crippen MR) is 84.3 cm³/mol. The van der Waals surface area contributed by atoms with Crippen LogP contribution in [0.3, 0.4) is 0 Å². The first-order valence-electron chi connectivity index (χ1n) is 7.03. The predicted octanol–water partition coefficient (Wildman–Crippen LogP) is 3.21. The van der Waals surface area contributed by atoms with Crippen molar-refractivity contribution >= 4 is 0 Å². The van der Waals surface area contributed by atoms with Crippen LogP contribution in [0.4, 0.5) is 0 Å². The summed E-state index contributed by atoms with van der Waals surface area (Å²) in [5.41, 5.74) is 4.37. The van der Waals surface area contributed by atoms with Crippen LogP contribution in [0.1, 0.15) is 18.5 Å². The van der Waals surface area contributed by atoms with Gasteiger partial charge in [-0.25, -0.2) is 4.68 Å². The number of nitrogens with zero attached hydrogens (tertiary/aromatic N) is 3. The van der Waals surface area contributed by atoms with Crippen molar-refractivity contribution in [2.45, 2.75) is 13.0 Å². The van der Waals surface area contributed by atoms with Crippen molar-refractivity contribution in [2.24, 2.45) is 0 Å². The summed E-state index contributed by atoms with van der Waals surface area (Å²) in [5.74, 6) is 0. The molecule has 3 rings (SSSR count). The van der Waals surface area contributed by atoms with Crippen molar-refractivity contribution in [2.75, 3.05) is 7.05 Å². The van der Waals surface area contributed by atoms with Gasteiger partial charge in [-0.05, 0) is 31.7 Å². The molecule has 0 aliphatic heterocycles. The number of rotatable bonds is 4. The van der Waals surface area contributed by atoms with E-state index in [-0.39, 0.29) is 0 Å². The quantitative estimate of drug-likeness (QED) is 0.797. The normalized spacial score (nSPS) is 12.3. The van der Waals surface area contributed by atoms with E-state index in [0.717, 1.165) is 16.9 Å². The lowest BCUT2D eigenvalue weighted by Gasteiger charge is -2.11. The van der Waals surface area contributed by atoms with Gasteiger partial charge in [0.25, 0.3) is 0 Å². The molecule has 0 fully saturated rings. The molecule has 3 aromatic rings. The number of aromatic nitrogens is 3. The van der Waals surface area contributed by atoms with E-state index in [2.05, 4.69) is 46.8 Å². The van der Waals surface area contributed by atoms with Crippen molar-refractivity contribution in [3.05, 3.63) is 66.4 Å². The van der Waals surface area contributed by atoms with E-state index in [1.165, 1.54) is 5.56 Å². The highest BCUT2D eigenvalue weighted by Crippen LogP contribution is 2.23. The van der Waals surface area contributed by atoms with Gasteiger partial charge in [0.1, 0.15) is 0 Å². The van der Waals surface area contributed by atoms with E-state index >= 15 is 0 Å². The second-order valence-corrected chi connectivity index (χ2v) is 5.00. The second-order valence-electron chi connectivity index (χ2n) is 5.00. The third kappa shape index (κ3) is 2.71. The molecule has 1 N–H and O–H groups in total. The number of benzene rings is 2. The molecule has 0 amide bonds.